The first-order valence-corrected chi connectivity index (χ1v) is 13.6. The largest absolute Gasteiger partial charge is 0.493 e. The first kappa shape index (κ1) is 23.4. The quantitative estimate of drug-likeness (QED) is 0.603. The first-order valence-electron chi connectivity index (χ1n) is 10.5. The molecule has 7 nitrogen and oxygen atoms in total. The molecule has 0 fully saturated rings. The second-order valence-electron chi connectivity index (χ2n) is 8.12. The Morgan fingerprint density at radius 2 is 1.77 bits per heavy atom. The third-order valence-corrected chi connectivity index (χ3v) is 8.30. The van der Waals surface area contributed by atoms with E-state index in [1.165, 1.54) is 16.4 Å². The summed E-state index contributed by atoms with van der Waals surface area (Å²) in [5.74, 6) is 1.04. The lowest BCUT2D eigenvalue weighted by atomic mass is 10.0. The van der Waals surface area contributed by atoms with E-state index in [9.17, 15) is 16.8 Å². The maximum absolute atomic E-state index is 12.8. The van der Waals surface area contributed by atoms with Crippen LogP contribution in [0.25, 0.3) is 0 Å². The minimum atomic E-state index is -3.82. The number of aryl methyl sites for hydroxylation is 1. The Bertz CT molecular complexity index is 1110. The lowest BCUT2D eigenvalue weighted by molar-refractivity contribution is 0.271. The second-order valence-corrected chi connectivity index (χ2v) is 11.8. The molecule has 170 valence electrons. The zero-order chi connectivity index (χ0) is 22.6. The Morgan fingerprint density at radius 1 is 1.06 bits per heavy atom. The molecule has 1 heterocycles. The third kappa shape index (κ3) is 5.71. The zero-order valence-corrected chi connectivity index (χ0v) is 19.8. The van der Waals surface area contributed by atoms with Crippen molar-refractivity contribution in [2.45, 2.75) is 44.9 Å². The van der Waals surface area contributed by atoms with Crippen molar-refractivity contribution in [3.63, 3.8) is 0 Å². The summed E-state index contributed by atoms with van der Waals surface area (Å²) in [5.41, 5.74) is 1.79. The topological polar surface area (TPSA) is 92.8 Å². The fourth-order valence-corrected chi connectivity index (χ4v) is 6.12. The molecule has 1 aliphatic heterocycles. The van der Waals surface area contributed by atoms with Gasteiger partial charge in [-0.05, 0) is 67.1 Å². The van der Waals surface area contributed by atoms with Crippen LogP contribution in [0.2, 0.25) is 0 Å². The van der Waals surface area contributed by atoms with Crippen molar-refractivity contribution in [2.75, 3.05) is 27.9 Å². The van der Waals surface area contributed by atoms with Crippen LogP contribution in [0.3, 0.4) is 0 Å². The van der Waals surface area contributed by atoms with Gasteiger partial charge in [-0.2, -0.15) is 0 Å². The van der Waals surface area contributed by atoms with Crippen LogP contribution in [0.4, 0.5) is 11.4 Å². The molecule has 9 heteroatoms. The molecule has 0 bridgehead atoms. The van der Waals surface area contributed by atoms with Gasteiger partial charge >= 0.3 is 0 Å². The standard InChI is InChI=1S/C22H30N2O5S2/c1-4-14-30(25,26)24-13-5-6-18-7-8-19(15-22(18)24)23-31(27,28)21-11-9-20(10-12-21)29-16-17(2)3/h7-12,15,17,23H,4-6,13-14,16H2,1-3H3. The number of anilines is 2. The van der Waals surface area contributed by atoms with Crippen LogP contribution in [0.5, 0.6) is 5.75 Å². The van der Waals surface area contributed by atoms with E-state index in [2.05, 4.69) is 4.72 Å². The van der Waals surface area contributed by atoms with Crippen molar-refractivity contribution in [1.29, 1.82) is 0 Å². The molecule has 0 amide bonds. The highest BCUT2D eigenvalue weighted by atomic mass is 32.2. The van der Waals surface area contributed by atoms with Gasteiger partial charge in [-0.25, -0.2) is 16.8 Å². The van der Waals surface area contributed by atoms with Gasteiger partial charge in [-0.15, -0.1) is 0 Å². The highest BCUT2D eigenvalue weighted by Crippen LogP contribution is 2.33. The molecular weight excluding hydrogens is 436 g/mol. The minimum Gasteiger partial charge on any atom is -0.493 e. The van der Waals surface area contributed by atoms with Crippen LogP contribution in [0, 0.1) is 5.92 Å². The van der Waals surface area contributed by atoms with Crippen molar-refractivity contribution in [3.05, 3.63) is 48.0 Å². The average Bonchev–Trinajstić information content (AvgIpc) is 2.71. The van der Waals surface area contributed by atoms with E-state index in [0.29, 0.717) is 42.6 Å². The van der Waals surface area contributed by atoms with E-state index in [4.69, 9.17) is 4.74 Å². The van der Waals surface area contributed by atoms with Crippen molar-refractivity contribution in [3.8, 4) is 5.75 Å². The van der Waals surface area contributed by atoms with E-state index in [0.717, 1.165) is 18.4 Å². The van der Waals surface area contributed by atoms with Crippen LogP contribution in [-0.2, 0) is 26.5 Å². The SMILES string of the molecule is CCCS(=O)(=O)N1CCCc2ccc(NS(=O)(=O)c3ccc(OCC(C)C)cc3)cc21. The van der Waals surface area contributed by atoms with E-state index >= 15 is 0 Å². The maximum atomic E-state index is 12.8. The van der Waals surface area contributed by atoms with Crippen molar-refractivity contribution >= 4 is 31.4 Å². The summed E-state index contributed by atoms with van der Waals surface area (Å²) in [6.07, 6.45) is 2.03. The smallest absolute Gasteiger partial charge is 0.261 e. The summed E-state index contributed by atoms with van der Waals surface area (Å²) in [6, 6.07) is 11.3. The monoisotopic (exact) mass is 466 g/mol. The summed E-state index contributed by atoms with van der Waals surface area (Å²) in [5, 5.41) is 0. The van der Waals surface area contributed by atoms with Crippen LogP contribution in [0.1, 0.15) is 39.2 Å². The highest BCUT2D eigenvalue weighted by molar-refractivity contribution is 7.93. The molecule has 0 saturated heterocycles. The van der Waals surface area contributed by atoms with Crippen molar-refractivity contribution < 1.29 is 21.6 Å². The number of hydrogen-bond donors (Lipinski definition) is 1. The number of ether oxygens (including phenoxy) is 1. The number of nitrogens with zero attached hydrogens (tertiary/aromatic N) is 1. The van der Waals surface area contributed by atoms with Crippen LogP contribution >= 0.6 is 0 Å². The normalized spacial score (nSPS) is 14.4. The Balaban J connectivity index is 1.83. The summed E-state index contributed by atoms with van der Waals surface area (Å²) in [4.78, 5) is 0.109. The third-order valence-electron chi connectivity index (χ3n) is 4.93. The molecule has 0 atom stereocenters. The van der Waals surface area contributed by atoms with Gasteiger partial charge in [0.2, 0.25) is 10.0 Å². The predicted molar refractivity (Wildman–Crippen MR) is 124 cm³/mol. The van der Waals surface area contributed by atoms with E-state index in [1.807, 2.05) is 20.8 Å². The predicted octanol–water partition coefficient (Wildman–Crippen LogP) is 4.01. The van der Waals surface area contributed by atoms with Gasteiger partial charge in [0.25, 0.3) is 10.0 Å². The van der Waals surface area contributed by atoms with Gasteiger partial charge in [0.05, 0.1) is 28.6 Å². The number of hydrogen-bond acceptors (Lipinski definition) is 5. The number of fused-ring (bicyclic) bond motifs is 1. The lowest BCUT2D eigenvalue weighted by Gasteiger charge is -2.31. The molecule has 1 N–H and O–H groups in total. The molecule has 0 radical (unpaired) electrons. The fourth-order valence-electron chi connectivity index (χ4n) is 3.45. The van der Waals surface area contributed by atoms with Crippen LogP contribution < -0.4 is 13.8 Å². The van der Waals surface area contributed by atoms with Gasteiger partial charge < -0.3 is 4.74 Å². The molecule has 31 heavy (non-hydrogen) atoms. The highest BCUT2D eigenvalue weighted by Gasteiger charge is 2.27. The molecular formula is C22H30N2O5S2. The summed E-state index contributed by atoms with van der Waals surface area (Å²) < 4.78 is 60.6. The van der Waals surface area contributed by atoms with Gasteiger partial charge in [-0.3, -0.25) is 9.03 Å². The van der Waals surface area contributed by atoms with Crippen molar-refractivity contribution in [1.82, 2.24) is 0 Å². The lowest BCUT2D eigenvalue weighted by Crippen LogP contribution is -2.37. The molecule has 2 aromatic rings. The molecule has 0 saturated carbocycles. The summed E-state index contributed by atoms with van der Waals surface area (Å²) in [6.45, 7) is 6.86. The Kier molecular flexibility index (Phi) is 7.16. The van der Waals surface area contributed by atoms with E-state index < -0.39 is 20.0 Å². The summed E-state index contributed by atoms with van der Waals surface area (Å²) in [7, 11) is -7.26. The van der Waals surface area contributed by atoms with Gasteiger partial charge in [0.1, 0.15) is 5.75 Å². The van der Waals surface area contributed by atoms with Crippen LogP contribution in [-0.4, -0.2) is 35.7 Å². The van der Waals surface area contributed by atoms with Crippen LogP contribution in [0.15, 0.2) is 47.4 Å². The van der Waals surface area contributed by atoms with Gasteiger partial charge in [0.15, 0.2) is 0 Å². The maximum Gasteiger partial charge on any atom is 0.261 e. The summed E-state index contributed by atoms with van der Waals surface area (Å²) >= 11 is 0. The number of benzene rings is 2. The van der Waals surface area contributed by atoms with Gasteiger partial charge in [-0.1, -0.05) is 26.8 Å². The molecule has 1 aliphatic rings. The second kappa shape index (κ2) is 9.48. The fraction of sp³-hybridized carbons (Fsp3) is 0.455. The molecule has 0 spiro atoms. The number of nitrogens with one attached hydrogen (secondary N) is 1. The molecule has 0 aliphatic carbocycles. The Labute approximate surface area is 185 Å². The van der Waals surface area contributed by atoms with Crippen molar-refractivity contribution in [2.24, 2.45) is 5.92 Å². The Hall–Kier alpha value is -2.26. The molecule has 2 aromatic carbocycles. The number of sulfonamides is 2. The molecule has 0 unspecified atom stereocenters. The van der Waals surface area contributed by atoms with E-state index in [-0.39, 0.29) is 10.6 Å². The molecule has 3 rings (SSSR count). The minimum absolute atomic E-state index is 0.0631. The van der Waals surface area contributed by atoms with E-state index in [1.54, 1.807) is 30.3 Å². The average molecular weight is 467 g/mol. The molecule has 0 aromatic heterocycles. The zero-order valence-electron chi connectivity index (χ0n) is 18.2. The first-order chi connectivity index (χ1) is 14.6. The van der Waals surface area contributed by atoms with Gasteiger partial charge in [0, 0.05) is 6.54 Å². The Morgan fingerprint density at radius 3 is 2.42 bits per heavy atom. The number of rotatable bonds is 9.